The summed E-state index contributed by atoms with van der Waals surface area (Å²) in [5, 5.41) is 12.0. The lowest BCUT2D eigenvalue weighted by molar-refractivity contribution is -0.144. The standard InChI is InChI=1S/C13H22N2O3/c1-15(10-6-7-10)13(18)14-8-9-4-2-3-5-11(9)12(16)17/h9-11H,2-8H2,1H3,(H,14,18)(H,16,17). The molecule has 2 aliphatic rings. The number of nitrogens with zero attached hydrogens (tertiary/aromatic N) is 1. The molecule has 0 aromatic heterocycles. The van der Waals surface area contributed by atoms with Crippen LogP contribution in [0, 0.1) is 11.8 Å². The lowest BCUT2D eigenvalue weighted by Crippen LogP contribution is -2.43. The smallest absolute Gasteiger partial charge is 0.317 e. The van der Waals surface area contributed by atoms with E-state index in [0.717, 1.165) is 38.5 Å². The van der Waals surface area contributed by atoms with Gasteiger partial charge in [-0.1, -0.05) is 12.8 Å². The summed E-state index contributed by atoms with van der Waals surface area (Å²) in [6.07, 6.45) is 5.89. The maximum Gasteiger partial charge on any atom is 0.317 e. The van der Waals surface area contributed by atoms with Crippen molar-refractivity contribution < 1.29 is 14.7 Å². The number of hydrogen-bond donors (Lipinski definition) is 2. The molecule has 2 aliphatic carbocycles. The predicted molar refractivity (Wildman–Crippen MR) is 67.3 cm³/mol. The molecular weight excluding hydrogens is 232 g/mol. The molecule has 2 fully saturated rings. The molecule has 5 nitrogen and oxygen atoms in total. The van der Waals surface area contributed by atoms with Gasteiger partial charge in [0.2, 0.25) is 0 Å². The fourth-order valence-electron chi connectivity index (χ4n) is 2.75. The highest BCUT2D eigenvalue weighted by atomic mass is 16.4. The van der Waals surface area contributed by atoms with E-state index in [4.69, 9.17) is 5.11 Å². The first kappa shape index (κ1) is 13.2. The van der Waals surface area contributed by atoms with Crippen LogP contribution in [0.4, 0.5) is 4.79 Å². The van der Waals surface area contributed by atoms with Gasteiger partial charge >= 0.3 is 12.0 Å². The van der Waals surface area contributed by atoms with Gasteiger partial charge in [-0.05, 0) is 31.6 Å². The summed E-state index contributed by atoms with van der Waals surface area (Å²) in [5.74, 6) is -0.914. The van der Waals surface area contributed by atoms with Crippen molar-refractivity contribution in [3.05, 3.63) is 0 Å². The number of hydrogen-bond acceptors (Lipinski definition) is 2. The van der Waals surface area contributed by atoms with Gasteiger partial charge in [-0.15, -0.1) is 0 Å². The minimum atomic E-state index is -0.718. The molecule has 0 aliphatic heterocycles. The van der Waals surface area contributed by atoms with E-state index in [-0.39, 0.29) is 17.9 Å². The molecule has 2 N–H and O–H groups in total. The van der Waals surface area contributed by atoms with Gasteiger partial charge in [-0.25, -0.2) is 4.79 Å². The molecule has 2 rings (SSSR count). The lowest BCUT2D eigenvalue weighted by Gasteiger charge is -2.29. The Bertz CT molecular complexity index is 328. The highest BCUT2D eigenvalue weighted by molar-refractivity contribution is 5.75. The zero-order chi connectivity index (χ0) is 13.1. The fourth-order valence-corrected chi connectivity index (χ4v) is 2.75. The molecule has 2 atom stereocenters. The largest absolute Gasteiger partial charge is 0.481 e. The zero-order valence-electron chi connectivity index (χ0n) is 10.9. The van der Waals surface area contributed by atoms with Crippen LogP contribution in [0.15, 0.2) is 0 Å². The van der Waals surface area contributed by atoms with Crippen molar-refractivity contribution >= 4 is 12.0 Å². The number of carbonyl (C=O) groups excluding carboxylic acids is 1. The number of aliphatic carboxylic acids is 1. The first-order valence-electron chi connectivity index (χ1n) is 6.83. The summed E-state index contributed by atoms with van der Waals surface area (Å²) in [5.41, 5.74) is 0. The molecule has 0 aromatic rings. The Morgan fingerprint density at radius 2 is 1.89 bits per heavy atom. The number of rotatable bonds is 4. The normalized spacial score (nSPS) is 27.6. The van der Waals surface area contributed by atoms with E-state index in [1.807, 2.05) is 7.05 Å². The van der Waals surface area contributed by atoms with Crippen molar-refractivity contribution in [2.75, 3.05) is 13.6 Å². The summed E-state index contributed by atoms with van der Waals surface area (Å²) < 4.78 is 0. The summed E-state index contributed by atoms with van der Waals surface area (Å²) in [6, 6.07) is 0.332. The topological polar surface area (TPSA) is 69.6 Å². The second-order valence-corrected chi connectivity index (χ2v) is 5.52. The van der Waals surface area contributed by atoms with Crippen molar-refractivity contribution in [1.82, 2.24) is 10.2 Å². The second kappa shape index (κ2) is 5.59. The van der Waals surface area contributed by atoms with E-state index in [9.17, 15) is 9.59 Å². The Morgan fingerprint density at radius 1 is 1.22 bits per heavy atom. The zero-order valence-corrected chi connectivity index (χ0v) is 10.9. The molecule has 2 amide bonds. The van der Waals surface area contributed by atoms with Crippen molar-refractivity contribution in [3.8, 4) is 0 Å². The first-order valence-corrected chi connectivity index (χ1v) is 6.83. The molecule has 0 saturated heterocycles. The summed E-state index contributed by atoms with van der Waals surface area (Å²) in [7, 11) is 1.81. The average molecular weight is 254 g/mol. The number of carboxylic acid groups (broad SMARTS) is 1. The van der Waals surface area contributed by atoms with E-state index < -0.39 is 5.97 Å². The van der Waals surface area contributed by atoms with E-state index >= 15 is 0 Å². The van der Waals surface area contributed by atoms with Gasteiger partial charge in [0, 0.05) is 19.6 Å². The molecule has 18 heavy (non-hydrogen) atoms. The maximum atomic E-state index is 11.8. The average Bonchev–Trinajstić information content (AvgIpc) is 3.19. The van der Waals surface area contributed by atoms with Crippen LogP contribution in [0.5, 0.6) is 0 Å². The molecule has 5 heteroatoms. The number of amides is 2. The summed E-state index contributed by atoms with van der Waals surface area (Å²) in [4.78, 5) is 24.7. The Balaban J connectivity index is 1.80. The molecule has 0 aromatic carbocycles. The van der Waals surface area contributed by atoms with E-state index in [1.54, 1.807) is 4.90 Å². The van der Waals surface area contributed by atoms with Gasteiger partial charge in [-0.2, -0.15) is 0 Å². The first-order chi connectivity index (χ1) is 8.59. The van der Waals surface area contributed by atoms with Gasteiger partial charge in [0.05, 0.1) is 5.92 Å². The number of urea groups is 1. The van der Waals surface area contributed by atoms with Gasteiger partial charge in [-0.3, -0.25) is 4.79 Å². The molecule has 102 valence electrons. The van der Waals surface area contributed by atoms with Crippen molar-refractivity contribution in [1.29, 1.82) is 0 Å². The maximum absolute atomic E-state index is 11.8. The Hall–Kier alpha value is -1.26. The van der Waals surface area contributed by atoms with Gasteiger partial charge < -0.3 is 15.3 Å². The van der Waals surface area contributed by atoms with Gasteiger partial charge in [0.25, 0.3) is 0 Å². The van der Waals surface area contributed by atoms with Crippen molar-refractivity contribution in [2.24, 2.45) is 11.8 Å². The van der Waals surface area contributed by atoms with Crippen LogP contribution in [0.25, 0.3) is 0 Å². The van der Waals surface area contributed by atoms with Crippen LogP contribution in [0.3, 0.4) is 0 Å². The molecule has 0 radical (unpaired) electrons. The predicted octanol–water partition coefficient (Wildman–Crippen LogP) is 1.68. The van der Waals surface area contributed by atoms with Crippen LogP contribution in [-0.2, 0) is 4.79 Å². The van der Waals surface area contributed by atoms with Crippen molar-refractivity contribution in [3.63, 3.8) is 0 Å². The van der Waals surface area contributed by atoms with Crippen LogP contribution in [0.1, 0.15) is 38.5 Å². The number of carboxylic acids is 1. The van der Waals surface area contributed by atoms with Crippen molar-refractivity contribution in [2.45, 2.75) is 44.6 Å². The van der Waals surface area contributed by atoms with Gasteiger partial charge in [0.1, 0.15) is 0 Å². The molecule has 0 spiro atoms. The lowest BCUT2D eigenvalue weighted by atomic mass is 9.79. The van der Waals surface area contributed by atoms with Crippen LogP contribution in [0.2, 0.25) is 0 Å². The third kappa shape index (κ3) is 3.15. The highest BCUT2D eigenvalue weighted by Crippen LogP contribution is 2.30. The minimum absolute atomic E-state index is 0.0628. The Morgan fingerprint density at radius 3 is 2.50 bits per heavy atom. The minimum Gasteiger partial charge on any atom is -0.481 e. The fraction of sp³-hybridized carbons (Fsp3) is 0.846. The summed E-state index contributed by atoms with van der Waals surface area (Å²) in [6.45, 7) is 0.493. The van der Waals surface area contributed by atoms with E-state index in [1.165, 1.54) is 0 Å². The SMILES string of the molecule is CN(C(=O)NCC1CCCCC1C(=O)O)C1CC1. The monoisotopic (exact) mass is 254 g/mol. The highest BCUT2D eigenvalue weighted by Gasteiger charge is 2.33. The third-order valence-corrected chi connectivity index (χ3v) is 4.16. The molecular formula is C13H22N2O3. The number of carbonyl (C=O) groups is 2. The second-order valence-electron chi connectivity index (χ2n) is 5.52. The van der Waals surface area contributed by atoms with E-state index in [0.29, 0.717) is 12.6 Å². The summed E-state index contributed by atoms with van der Waals surface area (Å²) >= 11 is 0. The van der Waals surface area contributed by atoms with Crippen LogP contribution < -0.4 is 5.32 Å². The molecule has 0 bridgehead atoms. The Labute approximate surface area is 108 Å². The van der Waals surface area contributed by atoms with Gasteiger partial charge in [0.15, 0.2) is 0 Å². The third-order valence-electron chi connectivity index (χ3n) is 4.16. The molecule has 0 heterocycles. The van der Waals surface area contributed by atoms with E-state index in [2.05, 4.69) is 5.32 Å². The quantitative estimate of drug-likeness (QED) is 0.802. The molecule has 2 saturated carbocycles. The van der Waals surface area contributed by atoms with Crippen LogP contribution >= 0.6 is 0 Å². The Kier molecular flexibility index (Phi) is 4.09. The van der Waals surface area contributed by atoms with Crippen LogP contribution in [-0.4, -0.2) is 41.6 Å². The number of nitrogens with one attached hydrogen (secondary N) is 1. The molecule has 2 unspecified atom stereocenters.